The Balaban J connectivity index is 1.71. The molecule has 1 unspecified atom stereocenters. The van der Waals surface area contributed by atoms with Crippen LogP contribution in [0.5, 0.6) is 0 Å². The van der Waals surface area contributed by atoms with Gasteiger partial charge in [-0.1, -0.05) is 13.0 Å². The van der Waals surface area contributed by atoms with Crippen molar-refractivity contribution in [3.8, 4) is 0 Å². The minimum Gasteiger partial charge on any atom is -0.315 e. The van der Waals surface area contributed by atoms with Crippen LogP contribution in [0.25, 0.3) is 6.08 Å². The molecule has 1 aromatic heterocycles. The van der Waals surface area contributed by atoms with Crippen LogP contribution < -0.4 is 5.32 Å². The van der Waals surface area contributed by atoms with Crippen molar-refractivity contribution < 1.29 is 8.78 Å². The molecular formula is C15H21F2N3. The second-order valence-electron chi connectivity index (χ2n) is 6.01. The van der Waals surface area contributed by atoms with Crippen molar-refractivity contribution in [3.63, 3.8) is 0 Å². The molecule has 20 heavy (non-hydrogen) atoms. The van der Waals surface area contributed by atoms with Gasteiger partial charge >= 0.3 is 0 Å². The van der Waals surface area contributed by atoms with Crippen molar-refractivity contribution in [3.05, 3.63) is 23.8 Å². The third-order valence-electron chi connectivity index (χ3n) is 4.41. The first-order valence-corrected chi connectivity index (χ1v) is 7.43. The number of hydrogen-bond acceptors (Lipinski definition) is 2. The molecule has 1 N–H and O–H groups in total. The Bertz CT molecular complexity index is 487. The zero-order valence-corrected chi connectivity index (χ0v) is 11.7. The standard InChI is InChI=1S/C15H21F2N3/c1-10-5-7-11(8-6-10)18-13-3-2-4-14-19-12(15(16)17)9-20(13)14/h2,4,9-11,13,15,18H,3,5-8H2,1H3. The summed E-state index contributed by atoms with van der Waals surface area (Å²) in [5.41, 5.74) is -0.129. The Labute approximate surface area is 118 Å². The Kier molecular flexibility index (Phi) is 3.87. The molecule has 2 aliphatic rings. The second kappa shape index (κ2) is 5.64. The average molecular weight is 281 g/mol. The lowest BCUT2D eigenvalue weighted by Gasteiger charge is -2.32. The molecule has 0 radical (unpaired) electrons. The van der Waals surface area contributed by atoms with Crippen molar-refractivity contribution in [1.82, 2.24) is 14.9 Å². The zero-order valence-electron chi connectivity index (χ0n) is 11.7. The van der Waals surface area contributed by atoms with Crippen LogP contribution in [0, 0.1) is 5.92 Å². The average Bonchev–Trinajstić information content (AvgIpc) is 2.87. The molecule has 3 rings (SSSR count). The van der Waals surface area contributed by atoms with E-state index < -0.39 is 6.43 Å². The van der Waals surface area contributed by atoms with E-state index in [1.54, 1.807) is 0 Å². The lowest BCUT2D eigenvalue weighted by atomic mass is 9.87. The predicted octanol–water partition coefficient (Wildman–Crippen LogP) is 3.90. The first kappa shape index (κ1) is 13.7. The van der Waals surface area contributed by atoms with Gasteiger partial charge in [0.05, 0.1) is 6.17 Å². The SMILES string of the molecule is CC1CCC(NC2CC=Cc3nc(C(F)F)cn32)CC1. The van der Waals surface area contributed by atoms with E-state index in [9.17, 15) is 8.78 Å². The normalized spacial score (nSPS) is 29.7. The Morgan fingerprint density at radius 2 is 2.05 bits per heavy atom. The number of fused-ring (bicyclic) bond motifs is 1. The fraction of sp³-hybridized carbons (Fsp3) is 0.667. The van der Waals surface area contributed by atoms with E-state index in [1.165, 1.54) is 31.9 Å². The molecule has 0 spiro atoms. The van der Waals surface area contributed by atoms with E-state index in [0.29, 0.717) is 11.9 Å². The van der Waals surface area contributed by atoms with E-state index in [-0.39, 0.29) is 11.9 Å². The molecule has 0 bridgehead atoms. The second-order valence-corrected chi connectivity index (χ2v) is 6.01. The van der Waals surface area contributed by atoms with Gasteiger partial charge in [-0.25, -0.2) is 13.8 Å². The maximum Gasteiger partial charge on any atom is 0.281 e. The minimum absolute atomic E-state index is 0.0633. The van der Waals surface area contributed by atoms with Crippen LogP contribution in [0.1, 0.15) is 63.1 Å². The molecule has 5 heteroatoms. The third-order valence-corrected chi connectivity index (χ3v) is 4.41. The van der Waals surface area contributed by atoms with Gasteiger partial charge in [0.25, 0.3) is 6.43 Å². The molecule has 0 saturated heterocycles. The molecule has 1 fully saturated rings. The quantitative estimate of drug-likeness (QED) is 0.910. The highest BCUT2D eigenvalue weighted by Crippen LogP contribution is 2.29. The highest BCUT2D eigenvalue weighted by atomic mass is 19.3. The summed E-state index contributed by atoms with van der Waals surface area (Å²) in [5.74, 6) is 1.45. The van der Waals surface area contributed by atoms with E-state index >= 15 is 0 Å². The van der Waals surface area contributed by atoms with Crippen molar-refractivity contribution in [2.45, 2.75) is 57.7 Å². The highest BCUT2D eigenvalue weighted by molar-refractivity contribution is 5.43. The fourth-order valence-corrected chi connectivity index (χ4v) is 3.17. The highest BCUT2D eigenvalue weighted by Gasteiger charge is 2.25. The summed E-state index contributed by atoms with van der Waals surface area (Å²) in [6.45, 7) is 2.29. The van der Waals surface area contributed by atoms with Crippen LogP contribution in [-0.2, 0) is 0 Å². The molecule has 2 heterocycles. The summed E-state index contributed by atoms with van der Waals surface area (Å²) in [6, 6.07) is 0.493. The largest absolute Gasteiger partial charge is 0.315 e. The van der Waals surface area contributed by atoms with Gasteiger partial charge in [-0.05, 0) is 44.1 Å². The first-order chi connectivity index (χ1) is 9.63. The summed E-state index contributed by atoms with van der Waals surface area (Å²) in [6.07, 6.45) is 8.57. The molecule has 3 nitrogen and oxygen atoms in total. The number of nitrogens with one attached hydrogen (secondary N) is 1. The van der Waals surface area contributed by atoms with Crippen molar-refractivity contribution in [2.75, 3.05) is 0 Å². The van der Waals surface area contributed by atoms with Crippen LogP contribution in [0.4, 0.5) is 8.78 Å². The van der Waals surface area contributed by atoms with Gasteiger partial charge < -0.3 is 4.57 Å². The molecule has 0 aromatic carbocycles. The van der Waals surface area contributed by atoms with Gasteiger partial charge in [0, 0.05) is 12.2 Å². The Morgan fingerprint density at radius 3 is 2.75 bits per heavy atom. The van der Waals surface area contributed by atoms with Crippen molar-refractivity contribution in [1.29, 1.82) is 0 Å². The number of aromatic nitrogens is 2. The van der Waals surface area contributed by atoms with Gasteiger partial charge in [0.15, 0.2) is 0 Å². The maximum absolute atomic E-state index is 12.8. The fourth-order valence-electron chi connectivity index (χ4n) is 3.17. The summed E-state index contributed by atoms with van der Waals surface area (Å²) in [7, 11) is 0. The third kappa shape index (κ3) is 2.77. The van der Waals surface area contributed by atoms with E-state index in [1.807, 2.05) is 16.7 Å². The van der Waals surface area contributed by atoms with Gasteiger partial charge in [0.2, 0.25) is 0 Å². The number of imidazole rings is 1. The topological polar surface area (TPSA) is 29.9 Å². The molecule has 1 saturated carbocycles. The number of alkyl halides is 2. The molecule has 110 valence electrons. The number of halogens is 2. The summed E-state index contributed by atoms with van der Waals surface area (Å²) in [4.78, 5) is 3.99. The van der Waals surface area contributed by atoms with Gasteiger partial charge in [-0.3, -0.25) is 5.32 Å². The number of rotatable bonds is 3. The predicted molar refractivity (Wildman–Crippen MR) is 74.4 cm³/mol. The van der Waals surface area contributed by atoms with E-state index in [4.69, 9.17) is 0 Å². The summed E-state index contributed by atoms with van der Waals surface area (Å²) in [5, 5.41) is 3.61. The van der Waals surface area contributed by atoms with E-state index in [2.05, 4.69) is 17.2 Å². The van der Waals surface area contributed by atoms with Crippen molar-refractivity contribution in [2.24, 2.45) is 5.92 Å². The van der Waals surface area contributed by atoms with E-state index in [0.717, 1.165) is 12.3 Å². The minimum atomic E-state index is -2.50. The van der Waals surface area contributed by atoms with Crippen LogP contribution in [-0.4, -0.2) is 15.6 Å². The smallest absolute Gasteiger partial charge is 0.281 e. The zero-order chi connectivity index (χ0) is 14.1. The van der Waals surface area contributed by atoms with Gasteiger partial charge in [0.1, 0.15) is 11.5 Å². The lowest BCUT2D eigenvalue weighted by molar-refractivity contribution is 0.146. The summed E-state index contributed by atoms with van der Waals surface area (Å²) < 4.78 is 27.4. The first-order valence-electron chi connectivity index (χ1n) is 7.43. The van der Waals surface area contributed by atoms with Crippen LogP contribution in [0.2, 0.25) is 0 Å². The van der Waals surface area contributed by atoms with Crippen LogP contribution in [0.15, 0.2) is 12.3 Å². The Hall–Kier alpha value is -1.23. The molecule has 1 aliphatic carbocycles. The molecule has 1 aliphatic heterocycles. The molecule has 0 amide bonds. The van der Waals surface area contributed by atoms with Gasteiger partial charge in [-0.15, -0.1) is 0 Å². The molecule has 1 aromatic rings. The molecular weight excluding hydrogens is 260 g/mol. The number of nitrogens with zero attached hydrogens (tertiary/aromatic N) is 2. The lowest BCUT2D eigenvalue weighted by Crippen LogP contribution is -2.38. The van der Waals surface area contributed by atoms with Crippen molar-refractivity contribution >= 4 is 6.08 Å². The number of hydrogen-bond donors (Lipinski definition) is 1. The summed E-state index contributed by atoms with van der Waals surface area (Å²) >= 11 is 0. The van der Waals surface area contributed by atoms with Crippen LogP contribution >= 0.6 is 0 Å². The van der Waals surface area contributed by atoms with Crippen LogP contribution in [0.3, 0.4) is 0 Å². The molecule has 1 atom stereocenters. The monoisotopic (exact) mass is 281 g/mol. The maximum atomic E-state index is 12.8. The Morgan fingerprint density at radius 1 is 1.30 bits per heavy atom. The van der Waals surface area contributed by atoms with Gasteiger partial charge in [-0.2, -0.15) is 0 Å².